The van der Waals surface area contributed by atoms with Crippen LogP contribution in [-0.4, -0.2) is 66.5 Å². The summed E-state index contributed by atoms with van der Waals surface area (Å²) in [7, 11) is 0. The molecule has 2 unspecified atom stereocenters. The van der Waals surface area contributed by atoms with Crippen LogP contribution in [0.3, 0.4) is 0 Å². The molecule has 6 atom stereocenters. The minimum Gasteiger partial charge on any atom is -0.480 e. The number of rotatable bonds is 6. The van der Waals surface area contributed by atoms with Gasteiger partial charge in [-0.15, -0.1) is 0 Å². The van der Waals surface area contributed by atoms with Crippen molar-refractivity contribution in [2.75, 3.05) is 6.61 Å². The molecular weight excluding hydrogens is 326 g/mol. The number of carbonyl (C=O) groups is 1. The van der Waals surface area contributed by atoms with Crippen molar-refractivity contribution in [3.63, 3.8) is 0 Å². The summed E-state index contributed by atoms with van der Waals surface area (Å²) in [5, 5.41) is 37.6. The molecule has 0 spiro atoms. The topological polar surface area (TPSA) is 177 Å². The van der Waals surface area contributed by atoms with E-state index >= 15 is 0 Å². The minimum atomic E-state index is -1.57. The Labute approximate surface area is 136 Å². The van der Waals surface area contributed by atoms with Gasteiger partial charge in [0, 0.05) is 18.8 Å². The highest BCUT2D eigenvalue weighted by Crippen LogP contribution is 2.27. The highest BCUT2D eigenvalue weighted by molar-refractivity contribution is 5.72. The molecule has 1 aromatic rings. The Morgan fingerprint density at radius 2 is 2.08 bits per heavy atom. The predicted molar refractivity (Wildman–Crippen MR) is 78.2 cm³/mol. The van der Waals surface area contributed by atoms with E-state index in [2.05, 4.69) is 0 Å². The standard InChI is InChI=1S/C13H19N3O8/c14-6(12(21)22)1-3-15-8(18)2-4-16(13(15)23)11-10(20)9(19)7(5-17)24-11/h2,4,6-7,9-11,17,19-20H,1,3,5,14H2,(H,21,22)/t6?,7-,9-,10-,11-/m1/s1/i3D/t3?,6?,7-,9-,10-,11-. The fourth-order valence-electron chi connectivity index (χ4n) is 2.30. The van der Waals surface area contributed by atoms with Crippen molar-refractivity contribution < 1.29 is 31.3 Å². The largest absolute Gasteiger partial charge is 0.480 e. The lowest BCUT2D eigenvalue weighted by molar-refractivity contribution is -0.138. The van der Waals surface area contributed by atoms with E-state index in [0.29, 0.717) is 4.57 Å². The molecule has 11 heteroatoms. The first kappa shape index (κ1) is 16.8. The molecule has 2 heterocycles. The average molecular weight is 346 g/mol. The van der Waals surface area contributed by atoms with Gasteiger partial charge in [-0.3, -0.25) is 18.7 Å². The second-order valence-corrected chi connectivity index (χ2v) is 5.31. The molecule has 1 fully saturated rings. The van der Waals surface area contributed by atoms with Crippen molar-refractivity contribution in [3.8, 4) is 0 Å². The van der Waals surface area contributed by atoms with Gasteiger partial charge in [0.25, 0.3) is 5.56 Å². The highest BCUT2D eigenvalue weighted by atomic mass is 16.6. The number of aliphatic hydroxyl groups excluding tert-OH is 3. The second-order valence-electron chi connectivity index (χ2n) is 5.31. The fraction of sp³-hybridized carbons (Fsp3) is 0.615. The van der Waals surface area contributed by atoms with Gasteiger partial charge in [-0.1, -0.05) is 0 Å². The van der Waals surface area contributed by atoms with Gasteiger partial charge in [0.1, 0.15) is 24.4 Å². The van der Waals surface area contributed by atoms with Crippen LogP contribution in [0.25, 0.3) is 0 Å². The van der Waals surface area contributed by atoms with Crippen LogP contribution >= 0.6 is 0 Å². The van der Waals surface area contributed by atoms with Gasteiger partial charge in [0.05, 0.1) is 7.98 Å². The van der Waals surface area contributed by atoms with Gasteiger partial charge < -0.3 is 30.9 Å². The SMILES string of the molecule is [2H]C(CC(N)C(=O)O)n1c(=O)ccn([C@@H]2O[C@H](CO)[C@@H](O)[C@H]2O)c1=O. The van der Waals surface area contributed by atoms with Crippen LogP contribution < -0.4 is 17.0 Å². The van der Waals surface area contributed by atoms with E-state index in [1.807, 2.05) is 0 Å². The number of ether oxygens (including phenoxy) is 1. The van der Waals surface area contributed by atoms with E-state index < -0.39 is 67.3 Å². The van der Waals surface area contributed by atoms with Crippen molar-refractivity contribution in [1.82, 2.24) is 9.13 Å². The highest BCUT2D eigenvalue weighted by Gasteiger charge is 2.43. The Morgan fingerprint density at radius 1 is 1.42 bits per heavy atom. The molecule has 24 heavy (non-hydrogen) atoms. The van der Waals surface area contributed by atoms with Crippen LogP contribution in [0.4, 0.5) is 0 Å². The molecule has 2 rings (SSSR count). The molecule has 0 bridgehead atoms. The molecule has 0 radical (unpaired) electrons. The third-order valence-electron chi connectivity index (χ3n) is 3.69. The van der Waals surface area contributed by atoms with E-state index in [0.717, 1.165) is 16.8 Å². The number of carboxylic acids is 1. The Kier molecular flexibility index (Phi) is 5.06. The van der Waals surface area contributed by atoms with Crippen molar-refractivity contribution in [2.24, 2.45) is 5.73 Å². The summed E-state index contributed by atoms with van der Waals surface area (Å²) in [5.74, 6) is -1.38. The van der Waals surface area contributed by atoms with Crippen LogP contribution in [0, 0.1) is 0 Å². The third kappa shape index (κ3) is 3.39. The lowest BCUT2D eigenvalue weighted by Gasteiger charge is -2.19. The van der Waals surface area contributed by atoms with Crippen LogP contribution in [0.1, 0.15) is 14.0 Å². The summed E-state index contributed by atoms with van der Waals surface area (Å²) in [6.45, 7) is -2.17. The first-order valence-electron chi connectivity index (χ1n) is 7.63. The predicted octanol–water partition coefficient (Wildman–Crippen LogP) is -3.58. The normalized spacial score (nSPS) is 29.9. The maximum absolute atomic E-state index is 12.5. The molecule has 1 aliphatic heterocycles. The lowest BCUT2D eigenvalue weighted by atomic mass is 10.1. The molecular formula is C13H19N3O8. The maximum atomic E-state index is 12.5. The van der Waals surface area contributed by atoms with E-state index in [9.17, 15) is 24.6 Å². The lowest BCUT2D eigenvalue weighted by Crippen LogP contribution is -2.44. The summed E-state index contributed by atoms with van der Waals surface area (Å²) < 4.78 is 14.3. The van der Waals surface area contributed by atoms with E-state index in [1.54, 1.807) is 0 Å². The summed E-state index contributed by atoms with van der Waals surface area (Å²) in [6, 6.07) is -0.513. The van der Waals surface area contributed by atoms with E-state index in [1.165, 1.54) is 0 Å². The Balaban J connectivity index is 2.39. The summed E-state index contributed by atoms with van der Waals surface area (Å²) in [6.07, 6.45) is -4.98. The number of hydrogen-bond acceptors (Lipinski definition) is 8. The number of aromatic nitrogens is 2. The van der Waals surface area contributed by atoms with Crippen molar-refractivity contribution in [1.29, 1.82) is 0 Å². The Hall–Kier alpha value is -2.05. The van der Waals surface area contributed by atoms with Gasteiger partial charge in [0.2, 0.25) is 0 Å². The van der Waals surface area contributed by atoms with Gasteiger partial charge in [-0.05, 0) is 6.42 Å². The molecule has 6 N–H and O–H groups in total. The quantitative estimate of drug-likeness (QED) is 0.348. The van der Waals surface area contributed by atoms with Gasteiger partial charge in [0.15, 0.2) is 6.23 Å². The van der Waals surface area contributed by atoms with Crippen molar-refractivity contribution in [3.05, 3.63) is 33.1 Å². The first-order valence-corrected chi connectivity index (χ1v) is 7.05. The number of aliphatic carboxylic acids is 1. The third-order valence-corrected chi connectivity index (χ3v) is 3.69. The Morgan fingerprint density at radius 3 is 2.62 bits per heavy atom. The van der Waals surface area contributed by atoms with Crippen LogP contribution in [0.2, 0.25) is 0 Å². The molecule has 0 aromatic carbocycles. The van der Waals surface area contributed by atoms with Gasteiger partial charge in [-0.2, -0.15) is 0 Å². The summed E-state index contributed by atoms with van der Waals surface area (Å²) in [4.78, 5) is 35.2. The molecule has 1 aromatic heterocycles. The number of hydrogen-bond donors (Lipinski definition) is 5. The van der Waals surface area contributed by atoms with Crippen LogP contribution in [0.5, 0.6) is 0 Å². The van der Waals surface area contributed by atoms with Crippen LogP contribution in [-0.2, 0) is 16.1 Å². The zero-order valence-corrected chi connectivity index (χ0v) is 12.4. The minimum absolute atomic E-state index is 0.470. The maximum Gasteiger partial charge on any atom is 0.333 e. The zero-order valence-electron chi connectivity index (χ0n) is 13.4. The summed E-state index contributed by atoms with van der Waals surface area (Å²) in [5.41, 5.74) is 3.42. The van der Waals surface area contributed by atoms with E-state index in [4.69, 9.17) is 22.1 Å². The average Bonchev–Trinajstić information content (AvgIpc) is 2.83. The number of nitrogens with two attached hydrogens (primary N) is 1. The van der Waals surface area contributed by atoms with Crippen LogP contribution in [0.15, 0.2) is 21.9 Å². The number of nitrogens with zero attached hydrogens (tertiary/aromatic N) is 2. The molecule has 0 amide bonds. The molecule has 0 saturated carbocycles. The van der Waals surface area contributed by atoms with Gasteiger partial charge in [-0.25, -0.2) is 4.79 Å². The molecule has 0 aliphatic carbocycles. The number of aliphatic hydroxyl groups is 3. The molecule has 11 nitrogen and oxygen atoms in total. The molecule has 1 saturated heterocycles. The van der Waals surface area contributed by atoms with Crippen molar-refractivity contribution >= 4 is 5.97 Å². The van der Waals surface area contributed by atoms with E-state index in [-0.39, 0.29) is 0 Å². The molecule has 1 aliphatic rings. The smallest absolute Gasteiger partial charge is 0.333 e. The van der Waals surface area contributed by atoms with Gasteiger partial charge >= 0.3 is 11.7 Å². The second kappa shape index (κ2) is 7.23. The summed E-state index contributed by atoms with van der Waals surface area (Å²) >= 11 is 0. The number of carboxylic acid groups (broad SMARTS) is 1. The molecule has 134 valence electrons. The van der Waals surface area contributed by atoms with Crippen molar-refractivity contribution in [2.45, 2.75) is 43.5 Å². The monoisotopic (exact) mass is 346 g/mol. The zero-order chi connectivity index (χ0) is 18.9. The Bertz CT molecular complexity index is 750. The first-order chi connectivity index (χ1) is 11.7. The fourth-order valence-corrected chi connectivity index (χ4v) is 2.30.